The molecule has 8 nitrogen and oxygen atoms in total. The Hall–Kier alpha value is -2.90. The number of rotatable bonds is 6. The molecule has 1 amide bonds. The first-order chi connectivity index (χ1) is 10.9. The van der Waals surface area contributed by atoms with Crippen LogP contribution < -0.4 is 5.32 Å². The van der Waals surface area contributed by atoms with Gasteiger partial charge in [0.25, 0.3) is 5.91 Å². The van der Waals surface area contributed by atoms with Crippen molar-refractivity contribution < 1.29 is 19.1 Å². The Bertz CT molecular complexity index is 729. The van der Waals surface area contributed by atoms with Gasteiger partial charge in [-0.2, -0.15) is 5.10 Å². The zero-order valence-electron chi connectivity index (χ0n) is 13.1. The fourth-order valence-electron chi connectivity index (χ4n) is 1.93. The number of ketones is 1. The molecular formula is C15H18N4O4. The number of Topliss-reactive ketones (excluding diaryl/α,β-unsaturated/α-hetero) is 1. The molecule has 0 atom stereocenters. The summed E-state index contributed by atoms with van der Waals surface area (Å²) in [5.74, 6) is -0.816. The number of anilines is 1. The lowest BCUT2D eigenvalue weighted by atomic mass is 10.2. The van der Waals surface area contributed by atoms with Crippen molar-refractivity contribution in [2.45, 2.75) is 26.8 Å². The molecule has 0 aliphatic carbocycles. The van der Waals surface area contributed by atoms with Crippen molar-refractivity contribution in [3.8, 4) is 0 Å². The zero-order chi connectivity index (χ0) is 17.0. The molecule has 0 fully saturated rings. The number of esters is 1. The third-order valence-corrected chi connectivity index (χ3v) is 3.07. The van der Waals surface area contributed by atoms with E-state index in [1.165, 1.54) is 19.2 Å². The van der Waals surface area contributed by atoms with Crippen LogP contribution in [0.15, 0.2) is 24.5 Å². The standard InChI is InChI=1S/C15H18N4O4/c1-9(2)19-13(4-5-17-19)18-14(21)8-23-15(22)12-6-11(7-16-12)10(3)20/h4-7,9,16H,8H2,1-3H3,(H,18,21). The average molecular weight is 318 g/mol. The molecule has 0 radical (unpaired) electrons. The number of H-pyrrole nitrogens is 1. The Labute approximate surface area is 132 Å². The average Bonchev–Trinajstić information content (AvgIpc) is 3.13. The highest BCUT2D eigenvalue weighted by atomic mass is 16.5. The zero-order valence-corrected chi connectivity index (χ0v) is 13.1. The molecule has 0 unspecified atom stereocenters. The van der Waals surface area contributed by atoms with Gasteiger partial charge in [0.05, 0.1) is 6.20 Å². The van der Waals surface area contributed by atoms with Gasteiger partial charge in [-0.1, -0.05) is 0 Å². The lowest BCUT2D eigenvalue weighted by Gasteiger charge is -2.11. The van der Waals surface area contributed by atoms with E-state index in [2.05, 4.69) is 15.4 Å². The second-order valence-electron chi connectivity index (χ2n) is 5.24. The third kappa shape index (κ3) is 4.06. The van der Waals surface area contributed by atoms with Crippen molar-refractivity contribution in [2.24, 2.45) is 0 Å². The summed E-state index contributed by atoms with van der Waals surface area (Å²) >= 11 is 0. The summed E-state index contributed by atoms with van der Waals surface area (Å²) in [5.41, 5.74) is 0.498. The number of aromatic amines is 1. The third-order valence-electron chi connectivity index (χ3n) is 3.07. The van der Waals surface area contributed by atoms with Crippen LogP contribution >= 0.6 is 0 Å². The molecule has 2 rings (SSSR count). The Balaban J connectivity index is 1.89. The van der Waals surface area contributed by atoms with Crippen molar-refractivity contribution in [1.29, 1.82) is 0 Å². The van der Waals surface area contributed by atoms with E-state index in [4.69, 9.17) is 4.74 Å². The van der Waals surface area contributed by atoms with Gasteiger partial charge < -0.3 is 15.0 Å². The summed E-state index contributed by atoms with van der Waals surface area (Å²) < 4.78 is 6.55. The molecule has 0 saturated carbocycles. The van der Waals surface area contributed by atoms with Gasteiger partial charge in [-0.05, 0) is 26.8 Å². The summed E-state index contributed by atoms with van der Waals surface area (Å²) in [5, 5.41) is 6.71. The van der Waals surface area contributed by atoms with Crippen molar-refractivity contribution in [1.82, 2.24) is 14.8 Å². The number of amides is 1. The highest BCUT2D eigenvalue weighted by molar-refractivity contribution is 5.98. The number of carbonyl (C=O) groups is 3. The Morgan fingerprint density at radius 1 is 1.39 bits per heavy atom. The lowest BCUT2D eigenvalue weighted by Crippen LogP contribution is -2.23. The second kappa shape index (κ2) is 6.91. The summed E-state index contributed by atoms with van der Waals surface area (Å²) in [6.07, 6.45) is 2.99. The summed E-state index contributed by atoms with van der Waals surface area (Å²) in [7, 11) is 0. The number of carbonyl (C=O) groups excluding carboxylic acids is 3. The first-order valence-corrected chi connectivity index (χ1v) is 7.08. The lowest BCUT2D eigenvalue weighted by molar-refractivity contribution is -0.119. The predicted octanol–water partition coefficient (Wildman–Crippen LogP) is 1.79. The first kappa shape index (κ1) is 16.5. The van der Waals surface area contributed by atoms with Gasteiger partial charge in [-0.15, -0.1) is 0 Å². The molecule has 0 aliphatic rings. The molecule has 2 aromatic heterocycles. The van der Waals surface area contributed by atoms with Crippen molar-refractivity contribution in [2.75, 3.05) is 11.9 Å². The minimum absolute atomic E-state index is 0.0896. The van der Waals surface area contributed by atoms with Gasteiger partial charge in [0.15, 0.2) is 12.4 Å². The van der Waals surface area contributed by atoms with E-state index in [1.807, 2.05) is 13.8 Å². The quantitative estimate of drug-likeness (QED) is 0.624. The van der Waals surface area contributed by atoms with Gasteiger partial charge >= 0.3 is 5.97 Å². The van der Waals surface area contributed by atoms with E-state index in [1.54, 1.807) is 16.9 Å². The van der Waals surface area contributed by atoms with E-state index in [0.717, 1.165) is 0 Å². The van der Waals surface area contributed by atoms with Crippen molar-refractivity contribution >= 4 is 23.5 Å². The van der Waals surface area contributed by atoms with Crippen LogP contribution in [0.4, 0.5) is 5.82 Å². The van der Waals surface area contributed by atoms with Gasteiger partial charge in [0.2, 0.25) is 0 Å². The smallest absolute Gasteiger partial charge is 0.355 e. The molecule has 0 saturated heterocycles. The fraction of sp³-hybridized carbons (Fsp3) is 0.333. The van der Waals surface area contributed by atoms with Crippen LogP contribution in [-0.2, 0) is 9.53 Å². The Morgan fingerprint density at radius 2 is 2.13 bits per heavy atom. The van der Waals surface area contributed by atoms with Gasteiger partial charge in [0, 0.05) is 23.9 Å². The maximum Gasteiger partial charge on any atom is 0.355 e. The molecule has 0 aromatic carbocycles. The number of hydrogen-bond donors (Lipinski definition) is 2. The largest absolute Gasteiger partial charge is 0.451 e. The van der Waals surface area contributed by atoms with Gasteiger partial charge in [0.1, 0.15) is 11.5 Å². The van der Waals surface area contributed by atoms with E-state index in [-0.39, 0.29) is 17.5 Å². The number of ether oxygens (including phenoxy) is 1. The highest BCUT2D eigenvalue weighted by Crippen LogP contribution is 2.13. The molecule has 2 aromatic rings. The molecular weight excluding hydrogens is 300 g/mol. The van der Waals surface area contributed by atoms with E-state index >= 15 is 0 Å². The molecule has 2 heterocycles. The molecule has 2 N–H and O–H groups in total. The van der Waals surface area contributed by atoms with Crippen molar-refractivity contribution in [3.05, 3.63) is 35.8 Å². The van der Waals surface area contributed by atoms with Crippen LogP contribution in [0.5, 0.6) is 0 Å². The minimum Gasteiger partial charge on any atom is -0.451 e. The van der Waals surface area contributed by atoms with Gasteiger partial charge in [-0.25, -0.2) is 9.48 Å². The maximum atomic E-state index is 11.8. The Morgan fingerprint density at radius 3 is 2.74 bits per heavy atom. The van der Waals surface area contributed by atoms with Crippen LogP contribution in [0, 0.1) is 0 Å². The van der Waals surface area contributed by atoms with E-state index in [0.29, 0.717) is 11.4 Å². The molecule has 122 valence electrons. The van der Waals surface area contributed by atoms with Crippen LogP contribution in [-0.4, -0.2) is 39.0 Å². The molecule has 8 heteroatoms. The molecule has 0 spiro atoms. The van der Waals surface area contributed by atoms with Crippen LogP contribution in [0.3, 0.4) is 0 Å². The Kier molecular flexibility index (Phi) is 4.95. The number of aromatic nitrogens is 3. The topological polar surface area (TPSA) is 106 Å². The molecule has 23 heavy (non-hydrogen) atoms. The monoisotopic (exact) mass is 318 g/mol. The summed E-state index contributed by atoms with van der Waals surface area (Å²) in [6, 6.07) is 3.13. The van der Waals surface area contributed by atoms with Crippen molar-refractivity contribution in [3.63, 3.8) is 0 Å². The number of nitrogens with zero attached hydrogens (tertiary/aromatic N) is 2. The van der Waals surface area contributed by atoms with E-state index in [9.17, 15) is 14.4 Å². The first-order valence-electron chi connectivity index (χ1n) is 7.08. The molecule has 0 aliphatic heterocycles. The molecule has 0 bridgehead atoms. The maximum absolute atomic E-state index is 11.8. The number of hydrogen-bond acceptors (Lipinski definition) is 5. The number of nitrogens with one attached hydrogen (secondary N) is 2. The van der Waals surface area contributed by atoms with Gasteiger partial charge in [-0.3, -0.25) is 9.59 Å². The SMILES string of the molecule is CC(=O)c1c[nH]c(C(=O)OCC(=O)Nc2ccnn2C(C)C)c1. The summed E-state index contributed by atoms with van der Waals surface area (Å²) in [6.45, 7) is 4.82. The van der Waals surface area contributed by atoms with Crippen LogP contribution in [0.1, 0.15) is 47.7 Å². The van der Waals surface area contributed by atoms with E-state index < -0.39 is 18.5 Å². The second-order valence-corrected chi connectivity index (χ2v) is 5.24. The fourth-order valence-corrected chi connectivity index (χ4v) is 1.93. The normalized spacial score (nSPS) is 10.6. The predicted molar refractivity (Wildman–Crippen MR) is 82.3 cm³/mol. The summed E-state index contributed by atoms with van der Waals surface area (Å²) in [4.78, 5) is 37.4. The van der Waals surface area contributed by atoms with Crippen LogP contribution in [0.25, 0.3) is 0 Å². The van der Waals surface area contributed by atoms with Crippen LogP contribution in [0.2, 0.25) is 0 Å². The minimum atomic E-state index is -0.704. The highest BCUT2D eigenvalue weighted by Gasteiger charge is 2.15.